The average molecular weight is 707 g/mol. The molecule has 0 spiro atoms. The Balaban J connectivity index is 0.930. The van der Waals surface area contributed by atoms with Gasteiger partial charge in [0.2, 0.25) is 0 Å². The molecule has 13 rings (SSSR count). The van der Waals surface area contributed by atoms with Crippen molar-refractivity contribution in [3.63, 3.8) is 0 Å². The molecule has 0 radical (unpaired) electrons. The molecule has 258 valence electrons. The summed E-state index contributed by atoms with van der Waals surface area (Å²) in [5.41, 5.74) is 15.0. The first-order chi connectivity index (χ1) is 27.2. The van der Waals surface area contributed by atoms with Gasteiger partial charge in [-0.1, -0.05) is 72.8 Å². The molecule has 1 N–H and O–H groups in total. The summed E-state index contributed by atoms with van der Waals surface area (Å²) >= 11 is 0. The van der Waals surface area contributed by atoms with Gasteiger partial charge in [0.15, 0.2) is 6.29 Å². The van der Waals surface area contributed by atoms with Crippen molar-refractivity contribution in [2.24, 2.45) is 0 Å². The molecule has 55 heavy (non-hydrogen) atoms. The quantitative estimate of drug-likeness (QED) is 0.198. The van der Waals surface area contributed by atoms with E-state index in [0.717, 1.165) is 72.1 Å². The molecule has 3 aromatic heterocycles. The Kier molecular flexibility index (Phi) is 5.59. The standard InChI is InChI=1S/C49H30N4O2/c1-4-12-40-33(9-1)34-10-2-5-13-41(34)51(40)31-19-23-47-37(27-31)35-25-29(17-21-45(35)54-47)30-18-22-46-36(26-30)38-28-32(20-24-48(38)55-46)52-43-15-7-8-16-44(43)53-42-14-6-3-11-39(42)50-49(52)53/h1-28,49-50H. The zero-order valence-electron chi connectivity index (χ0n) is 29.4. The maximum Gasteiger partial charge on any atom is 0.187 e. The lowest BCUT2D eigenvalue weighted by molar-refractivity contribution is 0.668. The lowest BCUT2D eigenvalue weighted by Gasteiger charge is -2.27. The summed E-state index contributed by atoms with van der Waals surface area (Å²) in [4.78, 5) is 4.78. The molecule has 0 aliphatic carbocycles. The van der Waals surface area contributed by atoms with Gasteiger partial charge in [-0.3, -0.25) is 4.90 Å². The molecule has 6 nitrogen and oxygen atoms in total. The molecule has 0 fully saturated rings. The number of rotatable bonds is 3. The second-order valence-electron chi connectivity index (χ2n) is 14.6. The SMILES string of the molecule is c1ccc2c(c1)NC1N(c3ccc4oc5ccc(-c6ccc7oc8ccc(-n9c%10ccccc%10c%10ccccc%109)cc8c7c6)cc5c4c3)c3ccccc3N21. The fourth-order valence-electron chi connectivity index (χ4n) is 9.25. The van der Waals surface area contributed by atoms with Gasteiger partial charge in [0.25, 0.3) is 0 Å². The summed E-state index contributed by atoms with van der Waals surface area (Å²) < 4.78 is 15.2. The number of nitrogens with one attached hydrogen (secondary N) is 1. The molecule has 2 aliphatic rings. The first kappa shape index (κ1) is 29.1. The predicted octanol–water partition coefficient (Wildman–Crippen LogP) is 13.2. The summed E-state index contributed by atoms with van der Waals surface area (Å²) in [5.74, 6) is 0. The summed E-state index contributed by atoms with van der Waals surface area (Å²) in [7, 11) is 0. The number of hydrogen-bond donors (Lipinski definition) is 1. The van der Waals surface area contributed by atoms with Crippen molar-refractivity contribution in [1.29, 1.82) is 0 Å². The van der Waals surface area contributed by atoms with Crippen LogP contribution in [-0.2, 0) is 0 Å². The average Bonchev–Trinajstić information content (AvgIpc) is 4.04. The minimum Gasteiger partial charge on any atom is -0.456 e. The Labute approximate surface area is 314 Å². The molecule has 2 aliphatic heterocycles. The molecular formula is C49H30N4O2. The van der Waals surface area contributed by atoms with Crippen LogP contribution in [0.2, 0.25) is 0 Å². The van der Waals surface area contributed by atoms with Crippen molar-refractivity contribution in [2.45, 2.75) is 6.29 Å². The third-order valence-electron chi connectivity index (χ3n) is 11.7. The van der Waals surface area contributed by atoms with Crippen LogP contribution in [0.3, 0.4) is 0 Å². The lowest BCUT2D eigenvalue weighted by Crippen LogP contribution is -2.40. The Hall–Kier alpha value is -7.44. The highest BCUT2D eigenvalue weighted by atomic mass is 16.3. The maximum absolute atomic E-state index is 6.43. The van der Waals surface area contributed by atoms with Crippen LogP contribution >= 0.6 is 0 Å². The van der Waals surface area contributed by atoms with Crippen LogP contribution in [0.5, 0.6) is 0 Å². The second-order valence-corrected chi connectivity index (χ2v) is 14.6. The van der Waals surface area contributed by atoms with Crippen molar-refractivity contribution < 1.29 is 8.83 Å². The maximum atomic E-state index is 6.43. The third kappa shape index (κ3) is 3.97. The van der Waals surface area contributed by atoms with Crippen molar-refractivity contribution in [2.75, 3.05) is 15.1 Å². The number of benzene rings is 8. The van der Waals surface area contributed by atoms with E-state index in [0.29, 0.717) is 0 Å². The molecule has 1 unspecified atom stereocenters. The molecule has 0 saturated carbocycles. The third-order valence-corrected chi connectivity index (χ3v) is 11.7. The summed E-state index contributed by atoms with van der Waals surface area (Å²) in [6.45, 7) is 0. The first-order valence-electron chi connectivity index (χ1n) is 18.7. The number of furan rings is 2. The smallest absolute Gasteiger partial charge is 0.187 e. The van der Waals surface area contributed by atoms with Crippen LogP contribution in [-0.4, -0.2) is 10.9 Å². The number of anilines is 5. The summed E-state index contributed by atoms with van der Waals surface area (Å²) in [5, 5.41) is 10.6. The van der Waals surface area contributed by atoms with E-state index in [1.165, 1.54) is 38.9 Å². The van der Waals surface area contributed by atoms with Crippen LogP contribution in [0.25, 0.3) is 82.5 Å². The van der Waals surface area contributed by atoms with Gasteiger partial charge in [0, 0.05) is 43.7 Å². The zero-order valence-corrected chi connectivity index (χ0v) is 29.4. The number of nitrogens with zero attached hydrogens (tertiary/aromatic N) is 3. The Bertz CT molecular complexity index is 3350. The van der Waals surface area contributed by atoms with Crippen molar-refractivity contribution in [3.8, 4) is 16.8 Å². The number of para-hydroxylation sites is 6. The van der Waals surface area contributed by atoms with Crippen molar-refractivity contribution in [1.82, 2.24) is 4.57 Å². The molecule has 6 heteroatoms. The van der Waals surface area contributed by atoms with Crippen LogP contribution in [0, 0.1) is 0 Å². The van der Waals surface area contributed by atoms with Gasteiger partial charge in [-0.15, -0.1) is 0 Å². The number of hydrogen-bond acceptors (Lipinski definition) is 5. The Morgan fingerprint density at radius 3 is 1.49 bits per heavy atom. The van der Waals surface area contributed by atoms with Gasteiger partial charge in [-0.25, -0.2) is 0 Å². The minimum atomic E-state index is -0.0621. The van der Waals surface area contributed by atoms with Gasteiger partial charge >= 0.3 is 0 Å². The molecular weight excluding hydrogens is 677 g/mol. The fourth-order valence-corrected chi connectivity index (χ4v) is 9.25. The van der Waals surface area contributed by atoms with Crippen molar-refractivity contribution in [3.05, 3.63) is 170 Å². The van der Waals surface area contributed by atoms with Crippen LogP contribution in [0.4, 0.5) is 28.4 Å². The van der Waals surface area contributed by atoms with Crippen molar-refractivity contribution >= 4 is 94.1 Å². The number of fused-ring (bicyclic) bond motifs is 14. The predicted molar refractivity (Wildman–Crippen MR) is 225 cm³/mol. The van der Waals surface area contributed by atoms with Gasteiger partial charge in [-0.2, -0.15) is 0 Å². The highest BCUT2D eigenvalue weighted by Gasteiger charge is 2.42. The monoisotopic (exact) mass is 706 g/mol. The van der Waals surface area contributed by atoms with E-state index in [2.05, 4.69) is 190 Å². The molecule has 1 atom stereocenters. The zero-order chi connectivity index (χ0) is 35.8. The van der Waals surface area contributed by atoms with Crippen LogP contribution in [0.1, 0.15) is 0 Å². The highest BCUT2D eigenvalue weighted by molar-refractivity contribution is 6.12. The molecule has 0 saturated heterocycles. The van der Waals surface area contributed by atoms with E-state index in [4.69, 9.17) is 8.83 Å². The van der Waals surface area contributed by atoms with E-state index in [-0.39, 0.29) is 6.29 Å². The van der Waals surface area contributed by atoms with Crippen LogP contribution in [0.15, 0.2) is 179 Å². The topological polar surface area (TPSA) is 49.7 Å². The molecule has 8 aromatic carbocycles. The highest BCUT2D eigenvalue weighted by Crippen LogP contribution is 2.53. The summed E-state index contributed by atoms with van der Waals surface area (Å²) in [6.07, 6.45) is -0.0621. The number of aromatic nitrogens is 1. The van der Waals surface area contributed by atoms with E-state index in [9.17, 15) is 0 Å². The van der Waals surface area contributed by atoms with Gasteiger partial charge in [0.05, 0.1) is 33.8 Å². The van der Waals surface area contributed by atoms with Gasteiger partial charge in [0.1, 0.15) is 22.3 Å². The van der Waals surface area contributed by atoms with E-state index >= 15 is 0 Å². The lowest BCUT2D eigenvalue weighted by atomic mass is 10.0. The molecule has 0 amide bonds. The van der Waals surface area contributed by atoms with Gasteiger partial charge < -0.3 is 23.6 Å². The van der Waals surface area contributed by atoms with E-state index in [1.54, 1.807) is 0 Å². The Morgan fingerprint density at radius 1 is 0.382 bits per heavy atom. The largest absolute Gasteiger partial charge is 0.456 e. The second kappa shape index (κ2) is 10.6. The normalized spacial score (nSPS) is 14.8. The van der Waals surface area contributed by atoms with E-state index in [1.807, 2.05) is 0 Å². The summed E-state index contributed by atoms with van der Waals surface area (Å²) in [6, 6.07) is 60.6. The fraction of sp³-hybridized carbons (Fsp3) is 0.0204. The molecule has 0 bridgehead atoms. The first-order valence-corrected chi connectivity index (χ1v) is 18.7. The Morgan fingerprint density at radius 2 is 0.855 bits per heavy atom. The molecule has 11 aromatic rings. The van der Waals surface area contributed by atoms with Crippen LogP contribution < -0.4 is 15.1 Å². The van der Waals surface area contributed by atoms with Gasteiger partial charge in [-0.05, 0) is 108 Å². The van der Waals surface area contributed by atoms with E-state index < -0.39 is 0 Å². The minimum absolute atomic E-state index is 0.0621. The molecule has 5 heterocycles.